The molecule has 0 aromatic heterocycles. The largest absolute Gasteiger partial charge is 0.163 e. The van der Waals surface area contributed by atoms with Crippen LogP contribution in [0.15, 0.2) is 60.7 Å². The Kier molecular flexibility index (Phi) is 4.98. The van der Waals surface area contributed by atoms with Crippen molar-refractivity contribution in [3.63, 3.8) is 0 Å². The Morgan fingerprint density at radius 3 is 1.64 bits per heavy atom. The summed E-state index contributed by atoms with van der Waals surface area (Å²) >= 11 is 0. The maximum atomic E-state index is 4.20. The van der Waals surface area contributed by atoms with E-state index in [2.05, 4.69) is 86.0 Å². The van der Waals surface area contributed by atoms with Crippen LogP contribution in [0.1, 0.15) is 26.7 Å². The monoisotopic (exact) mass is 330 g/mol. The van der Waals surface area contributed by atoms with Crippen LogP contribution in [-0.4, -0.2) is 18.0 Å². The molecule has 3 rings (SSSR count). The number of hydrogen-bond donors (Lipinski definition) is 1. The lowest BCUT2D eigenvalue weighted by molar-refractivity contribution is 0.777. The molecule has 116 valence electrons. The fourth-order valence-electron chi connectivity index (χ4n) is 3.34. The molecule has 0 spiro atoms. The summed E-state index contributed by atoms with van der Waals surface area (Å²) < 4.78 is 0. The Morgan fingerprint density at radius 2 is 1.23 bits per heavy atom. The first-order valence-corrected chi connectivity index (χ1v) is 11.9. The third-order valence-electron chi connectivity index (χ3n) is 4.81. The topological polar surface area (TPSA) is 12.0 Å². The number of rotatable bonds is 4. The first-order chi connectivity index (χ1) is 10.6. The van der Waals surface area contributed by atoms with E-state index in [9.17, 15) is 0 Å². The molecular formula is C19H26NP2+. The van der Waals surface area contributed by atoms with Gasteiger partial charge in [-0.05, 0) is 48.4 Å². The van der Waals surface area contributed by atoms with Crippen LogP contribution in [0.5, 0.6) is 0 Å². The van der Waals surface area contributed by atoms with Crippen LogP contribution in [0.3, 0.4) is 0 Å². The minimum absolute atomic E-state index is 0.103. The van der Waals surface area contributed by atoms with Crippen LogP contribution in [0.2, 0.25) is 0 Å². The molecule has 0 amide bonds. The maximum absolute atomic E-state index is 4.20. The maximum Gasteiger partial charge on any atom is 0.146 e. The van der Waals surface area contributed by atoms with Gasteiger partial charge in [0.15, 0.2) is 0 Å². The smallest absolute Gasteiger partial charge is 0.146 e. The van der Waals surface area contributed by atoms with E-state index < -0.39 is 7.41 Å². The van der Waals surface area contributed by atoms with Crippen LogP contribution in [0.25, 0.3) is 0 Å². The second kappa shape index (κ2) is 6.79. The second-order valence-corrected chi connectivity index (χ2v) is 12.9. The molecule has 0 unspecified atom stereocenters. The zero-order chi connectivity index (χ0) is 15.6. The summed E-state index contributed by atoms with van der Waals surface area (Å²) in [5.41, 5.74) is 1.66. The van der Waals surface area contributed by atoms with Crippen LogP contribution >= 0.6 is 15.5 Å². The molecule has 1 aliphatic rings. The van der Waals surface area contributed by atoms with E-state index in [1.54, 1.807) is 0 Å². The SMILES string of the molecule is C[C@@H]1CC[C@@H](C)P1N[P+](C)(c1ccccc1)c1ccccc1. The third kappa shape index (κ3) is 3.13. The molecule has 1 fully saturated rings. The quantitative estimate of drug-likeness (QED) is 0.797. The highest BCUT2D eigenvalue weighted by atomic mass is 31.2. The van der Waals surface area contributed by atoms with Crippen LogP contribution in [-0.2, 0) is 0 Å². The molecule has 1 nitrogen and oxygen atoms in total. The number of hydrogen-bond acceptors (Lipinski definition) is 1. The van der Waals surface area contributed by atoms with E-state index in [1.165, 1.54) is 23.5 Å². The summed E-state index contributed by atoms with van der Waals surface area (Å²) in [4.78, 5) is 4.20. The van der Waals surface area contributed by atoms with Gasteiger partial charge in [-0.1, -0.05) is 50.2 Å². The van der Waals surface area contributed by atoms with Gasteiger partial charge in [0.05, 0.1) is 6.66 Å². The summed E-state index contributed by atoms with van der Waals surface area (Å²) in [5, 5.41) is 2.94. The third-order valence-corrected chi connectivity index (χ3v) is 12.4. The van der Waals surface area contributed by atoms with Crippen molar-refractivity contribution in [1.82, 2.24) is 4.86 Å². The average Bonchev–Trinajstić information content (AvgIpc) is 2.88. The van der Waals surface area contributed by atoms with Gasteiger partial charge in [-0.15, -0.1) is 0 Å². The molecule has 0 aliphatic carbocycles. The highest BCUT2D eigenvalue weighted by Gasteiger charge is 2.44. The van der Waals surface area contributed by atoms with Gasteiger partial charge >= 0.3 is 0 Å². The van der Waals surface area contributed by atoms with Crippen molar-refractivity contribution in [2.45, 2.75) is 38.0 Å². The van der Waals surface area contributed by atoms with Gasteiger partial charge in [-0.25, -0.2) is 0 Å². The molecule has 2 aromatic carbocycles. The predicted octanol–water partition coefficient (Wildman–Crippen LogP) is 4.76. The van der Waals surface area contributed by atoms with Gasteiger partial charge in [-0.2, -0.15) is 4.86 Å². The van der Waals surface area contributed by atoms with Crippen molar-refractivity contribution in [1.29, 1.82) is 0 Å². The zero-order valence-corrected chi connectivity index (χ0v) is 15.5. The van der Waals surface area contributed by atoms with Crippen LogP contribution in [0.4, 0.5) is 0 Å². The molecule has 0 bridgehead atoms. The molecule has 1 N–H and O–H groups in total. The molecule has 0 saturated carbocycles. The van der Waals surface area contributed by atoms with Crippen molar-refractivity contribution in [3.8, 4) is 0 Å². The van der Waals surface area contributed by atoms with Crippen molar-refractivity contribution >= 4 is 26.1 Å². The van der Waals surface area contributed by atoms with Gasteiger partial charge < -0.3 is 0 Å². The summed E-state index contributed by atoms with van der Waals surface area (Å²) in [6, 6.07) is 22.1. The minimum atomic E-state index is -1.52. The number of benzene rings is 2. The molecule has 1 aliphatic heterocycles. The van der Waals surface area contributed by atoms with E-state index in [0.29, 0.717) is 0 Å². The normalized spacial score (nSPS) is 22.9. The van der Waals surface area contributed by atoms with Crippen LogP contribution < -0.4 is 15.5 Å². The molecular weight excluding hydrogens is 304 g/mol. The van der Waals surface area contributed by atoms with E-state index in [-0.39, 0.29) is 8.07 Å². The fourth-order valence-corrected chi connectivity index (χ4v) is 11.2. The molecule has 0 radical (unpaired) electrons. The lowest BCUT2D eigenvalue weighted by atomic mass is 10.2. The standard InChI is InChI=1S/C19H26NP2/c1-16-14-15-17(2)21(16)20-22(3,18-10-6-4-7-11-18)19-12-8-5-9-13-19/h4-13,16-17,20H,14-15H2,1-3H3/q+1/t16-,17-/m1/s1. The Labute approximate surface area is 136 Å². The van der Waals surface area contributed by atoms with Crippen molar-refractivity contribution in [2.24, 2.45) is 0 Å². The summed E-state index contributed by atoms with van der Waals surface area (Å²) in [7, 11) is -1.62. The molecule has 1 heterocycles. The fraction of sp³-hybridized carbons (Fsp3) is 0.368. The minimum Gasteiger partial charge on any atom is -0.163 e. The molecule has 22 heavy (non-hydrogen) atoms. The zero-order valence-electron chi connectivity index (χ0n) is 13.7. The Hall–Kier alpha value is -0.740. The Bertz CT molecular complexity index is 550. The van der Waals surface area contributed by atoms with Crippen molar-refractivity contribution in [2.75, 3.05) is 6.66 Å². The molecule has 3 heteroatoms. The predicted molar refractivity (Wildman–Crippen MR) is 103 cm³/mol. The van der Waals surface area contributed by atoms with Gasteiger partial charge in [0.1, 0.15) is 18.0 Å². The summed E-state index contributed by atoms with van der Waals surface area (Å²) in [6.07, 6.45) is 2.76. The highest BCUT2D eigenvalue weighted by molar-refractivity contribution is 7.92. The number of nitrogens with one attached hydrogen (secondary N) is 1. The van der Waals surface area contributed by atoms with Crippen LogP contribution in [0, 0.1) is 0 Å². The summed E-state index contributed by atoms with van der Waals surface area (Å²) in [6.45, 7) is 7.32. The van der Waals surface area contributed by atoms with Crippen molar-refractivity contribution < 1.29 is 0 Å². The van der Waals surface area contributed by atoms with Gasteiger partial charge in [0, 0.05) is 8.07 Å². The molecule has 2 aromatic rings. The lowest BCUT2D eigenvalue weighted by Gasteiger charge is -2.30. The van der Waals surface area contributed by atoms with E-state index in [0.717, 1.165) is 11.3 Å². The Morgan fingerprint density at radius 1 is 0.818 bits per heavy atom. The lowest BCUT2D eigenvalue weighted by Crippen LogP contribution is -2.32. The van der Waals surface area contributed by atoms with E-state index in [4.69, 9.17) is 0 Å². The molecule has 2 atom stereocenters. The summed E-state index contributed by atoms with van der Waals surface area (Å²) in [5.74, 6) is 0. The molecule has 1 saturated heterocycles. The second-order valence-electron chi connectivity index (χ2n) is 6.46. The van der Waals surface area contributed by atoms with E-state index in [1.807, 2.05) is 0 Å². The first kappa shape index (κ1) is 16.1. The van der Waals surface area contributed by atoms with E-state index >= 15 is 0 Å². The Balaban J connectivity index is 2.00. The van der Waals surface area contributed by atoms with Crippen molar-refractivity contribution in [3.05, 3.63) is 60.7 Å². The van der Waals surface area contributed by atoms with Gasteiger partial charge in [-0.3, -0.25) is 0 Å². The first-order valence-electron chi connectivity index (χ1n) is 8.15. The van der Waals surface area contributed by atoms with Gasteiger partial charge in [0.2, 0.25) is 0 Å². The highest BCUT2D eigenvalue weighted by Crippen LogP contribution is 2.62. The average molecular weight is 330 g/mol. The van der Waals surface area contributed by atoms with Gasteiger partial charge in [0.25, 0.3) is 0 Å².